The number of nitrogens with zero attached hydrogens (tertiary/aromatic N) is 2. The molecule has 114 valence electrons. The van der Waals surface area contributed by atoms with Crippen LogP contribution in [0.25, 0.3) is 0 Å². The lowest BCUT2D eigenvalue weighted by molar-refractivity contribution is 0.251. The fourth-order valence-corrected chi connectivity index (χ4v) is 2.47. The maximum Gasteiger partial charge on any atom is 0.319 e. The average Bonchev–Trinajstić information content (AvgIpc) is 2.87. The predicted octanol–water partition coefficient (Wildman–Crippen LogP) is 2.43. The Morgan fingerprint density at radius 2 is 2.27 bits per heavy atom. The lowest BCUT2D eigenvalue weighted by Crippen LogP contribution is -2.28. The van der Waals surface area contributed by atoms with Gasteiger partial charge in [0.05, 0.1) is 17.6 Å². The highest BCUT2D eigenvalue weighted by molar-refractivity contribution is 5.89. The molecule has 2 aromatic rings. The second kappa shape index (κ2) is 6.01. The minimum Gasteiger partial charge on any atom is -0.490 e. The lowest BCUT2D eigenvalue weighted by atomic mass is 10.1. The number of ether oxygens (including phenoxy) is 1. The summed E-state index contributed by atoms with van der Waals surface area (Å²) in [7, 11) is 0. The highest BCUT2D eigenvalue weighted by Crippen LogP contribution is 2.29. The van der Waals surface area contributed by atoms with Crippen molar-refractivity contribution in [2.24, 2.45) is 0 Å². The topological polar surface area (TPSA) is 76.1 Å². The van der Waals surface area contributed by atoms with Crippen LogP contribution in [-0.2, 0) is 13.0 Å². The van der Waals surface area contributed by atoms with E-state index in [2.05, 4.69) is 33.8 Å². The van der Waals surface area contributed by atoms with Crippen molar-refractivity contribution in [1.82, 2.24) is 15.5 Å². The fraction of sp³-hybridized carbons (Fsp3) is 0.312. The normalized spacial score (nSPS) is 15.8. The summed E-state index contributed by atoms with van der Waals surface area (Å²) in [5.74, 6) is 0.944. The molecule has 0 fully saturated rings. The van der Waals surface area contributed by atoms with Crippen LogP contribution < -0.4 is 15.4 Å². The van der Waals surface area contributed by atoms with E-state index in [9.17, 15) is 4.79 Å². The smallest absolute Gasteiger partial charge is 0.319 e. The molecule has 3 rings (SSSR count). The second-order valence-corrected chi connectivity index (χ2v) is 5.41. The van der Waals surface area contributed by atoms with E-state index in [4.69, 9.17) is 4.74 Å². The van der Waals surface area contributed by atoms with Crippen molar-refractivity contribution in [3.63, 3.8) is 0 Å². The number of benzene rings is 1. The van der Waals surface area contributed by atoms with Gasteiger partial charge in [0.1, 0.15) is 11.9 Å². The highest BCUT2D eigenvalue weighted by Gasteiger charge is 2.18. The number of aromatic nitrogens is 2. The predicted molar refractivity (Wildman–Crippen MR) is 82.9 cm³/mol. The molecule has 1 unspecified atom stereocenters. The summed E-state index contributed by atoms with van der Waals surface area (Å²) >= 11 is 0. The van der Waals surface area contributed by atoms with Gasteiger partial charge in [-0.25, -0.2) is 4.79 Å². The largest absolute Gasteiger partial charge is 0.490 e. The van der Waals surface area contributed by atoms with Crippen molar-refractivity contribution in [2.45, 2.75) is 32.9 Å². The van der Waals surface area contributed by atoms with Crippen LogP contribution in [0.2, 0.25) is 0 Å². The molecule has 1 aromatic heterocycles. The number of urea groups is 1. The Labute approximate surface area is 128 Å². The Balaban J connectivity index is 1.58. The molecule has 6 heteroatoms. The average molecular weight is 298 g/mol. The van der Waals surface area contributed by atoms with Gasteiger partial charge in [-0.05, 0) is 37.1 Å². The number of aryl methyl sites for hydroxylation is 1. The molecule has 0 spiro atoms. The maximum atomic E-state index is 11.9. The van der Waals surface area contributed by atoms with Gasteiger partial charge in [-0.1, -0.05) is 12.1 Å². The molecule has 1 aliphatic rings. The third-order valence-electron chi connectivity index (χ3n) is 3.57. The molecule has 0 aliphatic carbocycles. The van der Waals surface area contributed by atoms with E-state index in [1.807, 2.05) is 12.1 Å². The first-order valence-electron chi connectivity index (χ1n) is 7.23. The van der Waals surface area contributed by atoms with Gasteiger partial charge in [-0.3, -0.25) is 0 Å². The van der Waals surface area contributed by atoms with Crippen molar-refractivity contribution in [1.29, 1.82) is 0 Å². The Hall–Kier alpha value is -2.63. The first-order chi connectivity index (χ1) is 10.6. The molecular weight excluding hydrogens is 280 g/mol. The summed E-state index contributed by atoms with van der Waals surface area (Å²) in [6, 6.07) is 7.47. The molecule has 6 nitrogen and oxygen atoms in total. The summed E-state index contributed by atoms with van der Waals surface area (Å²) in [5, 5.41) is 13.2. The number of carbonyl (C=O) groups is 1. The van der Waals surface area contributed by atoms with Crippen molar-refractivity contribution in [3.05, 3.63) is 47.3 Å². The molecule has 2 amide bonds. The van der Waals surface area contributed by atoms with Gasteiger partial charge in [0.25, 0.3) is 0 Å². The zero-order valence-corrected chi connectivity index (χ0v) is 12.6. The van der Waals surface area contributed by atoms with Crippen LogP contribution in [0, 0.1) is 6.92 Å². The number of rotatable bonds is 3. The molecule has 0 saturated carbocycles. The molecule has 1 aliphatic heterocycles. The van der Waals surface area contributed by atoms with E-state index in [1.165, 1.54) is 5.56 Å². The van der Waals surface area contributed by atoms with Crippen molar-refractivity contribution < 1.29 is 9.53 Å². The van der Waals surface area contributed by atoms with Gasteiger partial charge in [0.2, 0.25) is 0 Å². The van der Waals surface area contributed by atoms with Gasteiger partial charge < -0.3 is 15.4 Å². The van der Waals surface area contributed by atoms with E-state index in [1.54, 1.807) is 19.2 Å². The third kappa shape index (κ3) is 3.16. The minimum absolute atomic E-state index is 0.226. The summed E-state index contributed by atoms with van der Waals surface area (Å²) in [4.78, 5) is 11.9. The SMILES string of the molecule is Cc1nnccc1NC(=O)NCc1ccc2c(c1)CC(C)O2. The molecular formula is C16H18N4O2. The Morgan fingerprint density at radius 1 is 1.41 bits per heavy atom. The Bertz CT molecular complexity index is 702. The Kier molecular flexibility index (Phi) is 3.91. The van der Waals surface area contributed by atoms with Gasteiger partial charge >= 0.3 is 6.03 Å². The number of carbonyl (C=O) groups excluding carboxylic acids is 1. The first-order valence-corrected chi connectivity index (χ1v) is 7.23. The van der Waals surface area contributed by atoms with Crippen LogP contribution >= 0.6 is 0 Å². The summed E-state index contributed by atoms with van der Waals surface area (Å²) in [6.45, 7) is 4.31. The number of hydrogen-bond acceptors (Lipinski definition) is 4. The molecule has 22 heavy (non-hydrogen) atoms. The van der Waals surface area contributed by atoms with Crippen LogP contribution in [-0.4, -0.2) is 22.3 Å². The lowest BCUT2D eigenvalue weighted by Gasteiger charge is -2.09. The van der Waals surface area contributed by atoms with Crippen molar-refractivity contribution in [3.8, 4) is 5.75 Å². The van der Waals surface area contributed by atoms with Crippen LogP contribution in [0.5, 0.6) is 5.75 Å². The second-order valence-electron chi connectivity index (χ2n) is 5.41. The quantitative estimate of drug-likeness (QED) is 0.912. The standard InChI is InChI=1S/C16H18N4O2/c1-10-7-13-8-12(3-4-15(13)22-10)9-17-16(21)19-14-5-6-18-20-11(14)2/h3-6,8,10H,7,9H2,1-2H3,(H2,17,18,19,21). The van der Waals surface area contributed by atoms with Gasteiger partial charge in [0, 0.05) is 13.0 Å². The van der Waals surface area contributed by atoms with E-state index in [0.717, 1.165) is 17.7 Å². The molecule has 0 saturated heterocycles. The van der Waals surface area contributed by atoms with E-state index in [-0.39, 0.29) is 12.1 Å². The number of amides is 2. The molecule has 0 radical (unpaired) electrons. The first kappa shape index (κ1) is 14.3. The number of nitrogens with one attached hydrogen (secondary N) is 2. The van der Waals surface area contributed by atoms with Gasteiger partial charge in [0.15, 0.2) is 0 Å². The minimum atomic E-state index is -0.263. The van der Waals surface area contributed by atoms with Crippen molar-refractivity contribution >= 4 is 11.7 Å². The maximum absolute atomic E-state index is 11.9. The number of anilines is 1. The van der Waals surface area contributed by atoms with E-state index < -0.39 is 0 Å². The molecule has 1 aromatic carbocycles. The van der Waals surface area contributed by atoms with Crippen LogP contribution in [0.1, 0.15) is 23.7 Å². The van der Waals surface area contributed by atoms with Crippen LogP contribution in [0.15, 0.2) is 30.5 Å². The number of hydrogen-bond donors (Lipinski definition) is 2. The van der Waals surface area contributed by atoms with E-state index in [0.29, 0.717) is 17.9 Å². The van der Waals surface area contributed by atoms with Gasteiger partial charge in [-0.15, -0.1) is 0 Å². The molecule has 2 N–H and O–H groups in total. The van der Waals surface area contributed by atoms with Crippen LogP contribution in [0.4, 0.5) is 10.5 Å². The third-order valence-corrected chi connectivity index (χ3v) is 3.57. The molecule has 0 bridgehead atoms. The monoisotopic (exact) mass is 298 g/mol. The number of fused-ring (bicyclic) bond motifs is 1. The highest BCUT2D eigenvalue weighted by atomic mass is 16.5. The van der Waals surface area contributed by atoms with E-state index >= 15 is 0 Å². The zero-order valence-electron chi connectivity index (χ0n) is 12.6. The van der Waals surface area contributed by atoms with Crippen LogP contribution in [0.3, 0.4) is 0 Å². The zero-order chi connectivity index (χ0) is 15.5. The fourth-order valence-electron chi connectivity index (χ4n) is 2.47. The summed E-state index contributed by atoms with van der Waals surface area (Å²) in [5.41, 5.74) is 3.59. The summed E-state index contributed by atoms with van der Waals surface area (Å²) < 4.78 is 5.67. The molecule has 2 heterocycles. The van der Waals surface area contributed by atoms with Crippen molar-refractivity contribution in [2.75, 3.05) is 5.32 Å². The Morgan fingerprint density at radius 3 is 3.09 bits per heavy atom. The summed E-state index contributed by atoms with van der Waals surface area (Å²) in [6.07, 6.45) is 2.69. The van der Waals surface area contributed by atoms with Gasteiger partial charge in [-0.2, -0.15) is 10.2 Å². The molecule has 1 atom stereocenters.